The molecule has 0 saturated heterocycles. The van der Waals surface area contributed by atoms with E-state index in [-0.39, 0.29) is 33.5 Å². The van der Waals surface area contributed by atoms with E-state index in [2.05, 4.69) is 25.7 Å². The van der Waals surface area contributed by atoms with Gasteiger partial charge in [0.2, 0.25) is 0 Å². The van der Waals surface area contributed by atoms with Gasteiger partial charge < -0.3 is 15.2 Å². The van der Waals surface area contributed by atoms with E-state index in [4.69, 9.17) is 4.74 Å². The molecule has 0 radical (unpaired) electrons. The van der Waals surface area contributed by atoms with Gasteiger partial charge >= 0.3 is 5.97 Å². The maximum atomic E-state index is 11.5. The molecule has 2 N–H and O–H groups in total. The molecule has 5 saturated carbocycles. The van der Waals surface area contributed by atoms with Gasteiger partial charge in [0.1, 0.15) is 6.10 Å². The van der Waals surface area contributed by atoms with Crippen LogP contribution in [0, 0.1) is 45.8 Å². The van der Waals surface area contributed by atoms with Crippen molar-refractivity contribution < 1.29 is 14.6 Å². The van der Waals surface area contributed by atoms with Crippen LogP contribution in [0.5, 0.6) is 0 Å². The van der Waals surface area contributed by atoms with Crippen molar-refractivity contribution in [2.45, 2.75) is 153 Å². The molecule has 0 bridgehead atoms. The van der Waals surface area contributed by atoms with Crippen molar-refractivity contribution in [2.24, 2.45) is 45.8 Å². The Hall–Kier alpha value is -0.870. The molecular weight excluding hydrogens is 506 g/mol. The Bertz CT molecular complexity index is 754. The van der Waals surface area contributed by atoms with Gasteiger partial charge in [-0.2, -0.15) is 0 Å². The minimum Gasteiger partial charge on any atom is -0.463 e. The predicted molar refractivity (Wildman–Crippen MR) is 179 cm³/mol. The maximum absolute atomic E-state index is 11.5. The molecule has 0 amide bonds. The van der Waals surface area contributed by atoms with Gasteiger partial charge in [-0.15, -0.1) is 6.58 Å². The standard InChI is InChI=1S/C28H47NO3.C3H6.2C2H6.2CH4/c1-19(31)32-21-9-13-26(2)20(17-21)8-12-27(3)23-10-14-28(18-29-15-16-30)11-4-5-24(28)22(23)6-7-25(26)27;1-3-2;2*1-2;;/h20-25,29-30H,4-18H2,1-3H3;3H,1H2,2H3;2*1-2H3;2*1H4. The minimum absolute atomic E-state index is 0. The molecule has 5 rings (SSSR count). The zero-order valence-corrected chi connectivity index (χ0v) is 27.1. The molecule has 0 aromatic carbocycles. The lowest BCUT2D eigenvalue weighted by Gasteiger charge is -2.67. The van der Waals surface area contributed by atoms with E-state index in [1.54, 1.807) is 13.0 Å². The third kappa shape index (κ3) is 8.20. The van der Waals surface area contributed by atoms with E-state index in [1.165, 1.54) is 64.2 Å². The van der Waals surface area contributed by atoms with Crippen LogP contribution in [0.25, 0.3) is 0 Å². The van der Waals surface area contributed by atoms with Crippen molar-refractivity contribution in [3.8, 4) is 0 Å². The Kier molecular flexibility index (Phi) is 17.7. The molecule has 9 unspecified atom stereocenters. The fourth-order valence-electron chi connectivity index (χ4n) is 10.5. The van der Waals surface area contributed by atoms with Crippen LogP contribution < -0.4 is 5.32 Å². The molecule has 5 aliphatic rings. The van der Waals surface area contributed by atoms with E-state index < -0.39 is 0 Å². The Morgan fingerprint density at radius 3 is 2.17 bits per heavy atom. The predicted octanol–water partition coefficient (Wildman–Crippen LogP) is 9.85. The van der Waals surface area contributed by atoms with Crippen LogP contribution in [0.2, 0.25) is 0 Å². The highest BCUT2D eigenvalue weighted by atomic mass is 16.5. The van der Waals surface area contributed by atoms with E-state index in [0.29, 0.717) is 16.2 Å². The molecule has 0 aliphatic heterocycles. The van der Waals surface area contributed by atoms with E-state index >= 15 is 0 Å². The summed E-state index contributed by atoms with van der Waals surface area (Å²) in [6, 6.07) is 0. The second-order valence-corrected chi connectivity index (χ2v) is 13.4. The highest BCUT2D eigenvalue weighted by Gasteiger charge is 2.63. The van der Waals surface area contributed by atoms with E-state index in [1.807, 2.05) is 34.6 Å². The van der Waals surface area contributed by atoms with Crippen LogP contribution in [0.15, 0.2) is 12.7 Å². The first-order chi connectivity index (χ1) is 18.7. The third-order valence-electron chi connectivity index (χ3n) is 11.8. The SMILES string of the molecule is C.C.C=CC.CC.CC.CC(=O)OC1CCC2(C)C(CCC3(C)C4CCC5(CNCCO)CCCC5C4CCC23)C1. The van der Waals surface area contributed by atoms with Gasteiger partial charge in [0.25, 0.3) is 0 Å². The summed E-state index contributed by atoms with van der Waals surface area (Å²) in [6.45, 7) is 22.3. The Morgan fingerprint density at radius 1 is 0.927 bits per heavy atom. The molecule has 0 aromatic heterocycles. The Morgan fingerprint density at radius 2 is 1.56 bits per heavy atom. The highest BCUT2D eigenvalue weighted by Crippen LogP contribution is 2.71. The summed E-state index contributed by atoms with van der Waals surface area (Å²) < 4.78 is 5.67. The molecule has 4 nitrogen and oxygen atoms in total. The number of aliphatic hydroxyl groups is 1. The zero-order chi connectivity index (χ0) is 29.3. The van der Waals surface area contributed by atoms with Gasteiger partial charge in [0.05, 0.1) is 6.61 Å². The average Bonchev–Trinajstić information content (AvgIpc) is 3.36. The summed E-state index contributed by atoms with van der Waals surface area (Å²) in [5, 5.41) is 12.9. The average molecular weight is 580 g/mol. The van der Waals surface area contributed by atoms with Crippen LogP contribution in [0.1, 0.15) is 147 Å². The Balaban J connectivity index is 0.00000164. The fraction of sp³-hybridized carbons (Fsp3) is 0.919. The van der Waals surface area contributed by atoms with Crippen molar-refractivity contribution in [2.75, 3.05) is 19.7 Å². The number of rotatable bonds is 5. The van der Waals surface area contributed by atoms with Gasteiger partial charge in [0.15, 0.2) is 0 Å². The molecular formula is C37H73NO3. The van der Waals surface area contributed by atoms with Crippen molar-refractivity contribution in [3.63, 3.8) is 0 Å². The smallest absolute Gasteiger partial charge is 0.302 e. The van der Waals surface area contributed by atoms with Crippen molar-refractivity contribution >= 4 is 5.97 Å². The molecule has 41 heavy (non-hydrogen) atoms. The van der Waals surface area contributed by atoms with Crippen LogP contribution in [-0.4, -0.2) is 36.9 Å². The second-order valence-electron chi connectivity index (χ2n) is 13.4. The summed E-state index contributed by atoms with van der Waals surface area (Å²) in [4.78, 5) is 11.5. The summed E-state index contributed by atoms with van der Waals surface area (Å²) in [5.74, 6) is 4.19. The number of aliphatic hydroxyl groups excluding tert-OH is 1. The minimum atomic E-state index is -0.101. The number of carbonyl (C=O) groups is 1. The number of fused-ring (bicyclic) bond motifs is 7. The zero-order valence-electron chi connectivity index (χ0n) is 27.1. The normalized spacial score (nSPS) is 39.6. The first kappa shape index (κ1) is 40.1. The lowest BCUT2D eigenvalue weighted by molar-refractivity contribution is -0.187. The van der Waals surface area contributed by atoms with Crippen LogP contribution in [-0.2, 0) is 9.53 Å². The van der Waals surface area contributed by atoms with Gasteiger partial charge in [-0.1, -0.05) is 68.9 Å². The van der Waals surface area contributed by atoms with Gasteiger partial charge in [-0.25, -0.2) is 0 Å². The Labute approximate surface area is 257 Å². The fourth-order valence-corrected chi connectivity index (χ4v) is 10.5. The van der Waals surface area contributed by atoms with Gasteiger partial charge in [-0.05, 0) is 123 Å². The van der Waals surface area contributed by atoms with E-state index in [9.17, 15) is 9.90 Å². The number of ether oxygens (including phenoxy) is 1. The van der Waals surface area contributed by atoms with Crippen LogP contribution >= 0.6 is 0 Å². The number of hydrogen-bond acceptors (Lipinski definition) is 4. The topological polar surface area (TPSA) is 58.6 Å². The van der Waals surface area contributed by atoms with Crippen molar-refractivity contribution in [1.82, 2.24) is 5.32 Å². The molecule has 0 aromatic rings. The maximum Gasteiger partial charge on any atom is 0.302 e. The largest absolute Gasteiger partial charge is 0.463 e. The summed E-state index contributed by atoms with van der Waals surface area (Å²) in [6.07, 6.45) is 17.9. The quantitative estimate of drug-likeness (QED) is 0.193. The first-order valence-electron chi connectivity index (χ1n) is 16.8. The van der Waals surface area contributed by atoms with Gasteiger partial charge in [-0.3, -0.25) is 4.79 Å². The lowest BCUT2D eigenvalue weighted by atomic mass is 9.38. The third-order valence-corrected chi connectivity index (χ3v) is 11.8. The molecule has 0 heterocycles. The summed E-state index contributed by atoms with van der Waals surface area (Å²) in [5.41, 5.74) is 1.43. The lowest BCUT2D eigenvalue weighted by Crippen LogP contribution is -2.60. The van der Waals surface area contributed by atoms with Crippen molar-refractivity contribution in [3.05, 3.63) is 12.7 Å². The molecule has 0 spiro atoms. The monoisotopic (exact) mass is 580 g/mol. The molecule has 9 atom stereocenters. The highest BCUT2D eigenvalue weighted by molar-refractivity contribution is 5.66. The van der Waals surface area contributed by atoms with E-state index in [0.717, 1.165) is 55.5 Å². The number of hydrogen-bond donors (Lipinski definition) is 2. The van der Waals surface area contributed by atoms with Crippen LogP contribution in [0.3, 0.4) is 0 Å². The van der Waals surface area contributed by atoms with Gasteiger partial charge in [0, 0.05) is 20.0 Å². The molecule has 4 heteroatoms. The number of esters is 1. The number of carbonyl (C=O) groups excluding carboxylic acids is 1. The summed E-state index contributed by atoms with van der Waals surface area (Å²) in [7, 11) is 0. The molecule has 5 aliphatic carbocycles. The van der Waals surface area contributed by atoms with Crippen LogP contribution in [0.4, 0.5) is 0 Å². The van der Waals surface area contributed by atoms with Crippen molar-refractivity contribution in [1.29, 1.82) is 0 Å². The molecule has 5 fully saturated rings. The first-order valence-corrected chi connectivity index (χ1v) is 16.8. The molecule has 244 valence electrons. The number of allylic oxidation sites excluding steroid dienone is 1. The number of nitrogens with one attached hydrogen (secondary N) is 1. The second kappa shape index (κ2) is 18.1. The summed E-state index contributed by atoms with van der Waals surface area (Å²) >= 11 is 0.